The Morgan fingerprint density at radius 2 is 2.14 bits per heavy atom. The van der Waals surface area contributed by atoms with E-state index < -0.39 is 15.6 Å². The van der Waals surface area contributed by atoms with Crippen molar-refractivity contribution in [2.75, 3.05) is 6.54 Å². The summed E-state index contributed by atoms with van der Waals surface area (Å²) in [6.07, 6.45) is 5.76. The molecule has 116 valence electrons. The molecule has 3 rings (SSSR count). The fraction of sp³-hybridized carbons (Fsp3) is 0.583. The number of hydrogen-bond acceptors (Lipinski definition) is 5. The van der Waals surface area contributed by atoms with Gasteiger partial charge in [0.05, 0.1) is 5.60 Å². The van der Waals surface area contributed by atoms with E-state index in [1.54, 1.807) is 11.6 Å². The van der Waals surface area contributed by atoms with E-state index in [0.29, 0.717) is 17.8 Å². The van der Waals surface area contributed by atoms with E-state index in [0.717, 1.165) is 19.3 Å². The average Bonchev–Trinajstić information content (AvgIpc) is 2.97. The first-order chi connectivity index (χ1) is 9.91. The summed E-state index contributed by atoms with van der Waals surface area (Å²) in [6.45, 7) is 0.00301. The Balaban J connectivity index is 1.84. The molecule has 0 spiro atoms. The Morgan fingerprint density at radius 1 is 1.43 bits per heavy atom. The predicted octanol–water partition coefficient (Wildman–Crippen LogP) is 2.02. The molecule has 0 aromatic carbocycles. The summed E-state index contributed by atoms with van der Waals surface area (Å²) in [6, 6.07) is 0. The van der Waals surface area contributed by atoms with Gasteiger partial charge in [0, 0.05) is 18.1 Å². The van der Waals surface area contributed by atoms with Crippen LogP contribution in [-0.4, -0.2) is 35.1 Å². The third kappa shape index (κ3) is 2.95. The fourth-order valence-corrected chi connectivity index (χ4v) is 5.23. The Kier molecular flexibility index (Phi) is 4.00. The highest BCUT2D eigenvalue weighted by atomic mass is 35.5. The van der Waals surface area contributed by atoms with Crippen molar-refractivity contribution in [3.05, 3.63) is 16.7 Å². The van der Waals surface area contributed by atoms with Crippen molar-refractivity contribution in [3.8, 4) is 0 Å². The molecule has 1 aliphatic carbocycles. The zero-order valence-corrected chi connectivity index (χ0v) is 13.6. The monoisotopic (exact) mass is 349 g/mol. The molecule has 0 amide bonds. The maximum absolute atomic E-state index is 12.4. The number of nitrogens with one attached hydrogen (secondary N) is 1. The molecule has 0 unspecified atom stereocenters. The molecule has 1 fully saturated rings. The molecule has 1 saturated carbocycles. The smallest absolute Gasteiger partial charge is 0.259 e. The number of sulfonamides is 1. The normalized spacial score (nSPS) is 19.1. The summed E-state index contributed by atoms with van der Waals surface area (Å²) < 4.78 is 28.8. The number of halogens is 1. The van der Waals surface area contributed by atoms with E-state index in [-0.39, 0.29) is 16.7 Å². The van der Waals surface area contributed by atoms with Crippen LogP contribution in [0.5, 0.6) is 0 Å². The highest BCUT2D eigenvalue weighted by Crippen LogP contribution is 2.29. The van der Waals surface area contributed by atoms with Gasteiger partial charge in [0.2, 0.25) is 0 Å². The summed E-state index contributed by atoms with van der Waals surface area (Å²) in [5.74, 6) is 0. The molecular weight excluding hydrogens is 334 g/mol. The second kappa shape index (κ2) is 5.51. The SMILES string of the molecule is O=S(=O)(NCC1(O)CCCCC1)c1c(Cl)nc2sccn12. The number of nitrogens with zero attached hydrogens (tertiary/aromatic N) is 2. The lowest BCUT2D eigenvalue weighted by molar-refractivity contribution is 0.00944. The maximum Gasteiger partial charge on any atom is 0.259 e. The van der Waals surface area contributed by atoms with Gasteiger partial charge in [0.15, 0.2) is 15.1 Å². The molecule has 0 atom stereocenters. The third-order valence-corrected chi connectivity index (χ3v) is 6.36. The van der Waals surface area contributed by atoms with Crippen molar-refractivity contribution >= 4 is 37.9 Å². The van der Waals surface area contributed by atoms with Gasteiger partial charge in [0.25, 0.3) is 10.0 Å². The molecular formula is C12H16ClN3O3S2. The number of thiazole rings is 1. The number of aliphatic hydroxyl groups is 1. The van der Waals surface area contributed by atoms with E-state index in [4.69, 9.17) is 11.6 Å². The molecule has 21 heavy (non-hydrogen) atoms. The van der Waals surface area contributed by atoms with Crippen LogP contribution in [0.1, 0.15) is 32.1 Å². The van der Waals surface area contributed by atoms with Gasteiger partial charge in [-0.3, -0.25) is 4.40 Å². The van der Waals surface area contributed by atoms with Crippen molar-refractivity contribution in [2.45, 2.75) is 42.7 Å². The molecule has 1 aliphatic rings. The van der Waals surface area contributed by atoms with E-state index in [2.05, 4.69) is 9.71 Å². The van der Waals surface area contributed by atoms with Crippen LogP contribution in [0.25, 0.3) is 4.96 Å². The van der Waals surface area contributed by atoms with Gasteiger partial charge < -0.3 is 5.11 Å². The lowest BCUT2D eigenvalue weighted by atomic mass is 9.85. The van der Waals surface area contributed by atoms with Crippen LogP contribution in [0.3, 0.4) is 0 Å². The van der Waals surface area contributed by atoms with Gasteiger partial charge in [-0.15, -0.1) is 11.3 Å². The number of hydrogen-bond donors (Lipinski definition) is 2. The summed E-state index contributed by atoms with van der Waals surface area (Å²) in [4.78, 5) is 4.54. The molecule has 9 heteroatoms. The van der Waals surface area contributed by atoms with Gasteiger partial charge in [-0.2, -0.15) is 0 Å². The number of aromatic nitrogens is 2. The standard InChI is InChI=1S/C12H16ClN3O3S2/c13-9-10(16-6-7-20-11(16)15-9)21(18,19)14-8-12(17)4-2-1-3-5-12/h6-7,14,17H,1-5,8H2. The minimum absolute atomic E-state index is 0.00301. The summed E-state index contributed by atoms with van der Waals surface area (Å²) in [5.41, 5.74) is -0.962. The second-order valence-electron chi connectivity index (χ2n) is 5.37. The first kappa shape index (κ1) is 15.2. The first-order valence-electron chi connectivity index (χ1n) is 6.74. The van der Waals surface area contributed by atoms with Crippen molar-refractivity contribution in [3.63, 3.8) is 0 Å². The topological polar surface area (TPSA) is 83.7 Å². The van der Waals surface area contributed by atoms with Gasteiger partial charge in [0.1, 0.15) is 0 Å². The van der Waals surface area contributed by atoms with Crippen LogP contribution in [0.15, 0.2) is 16.6 Å². The van der Waals surface area contributed by atoms with Crippen LogP contribution in [0.4, 0.5) is 0 Å². The average molecular weight is 350 g/mol. The Labute approximate surface area is 131 Å². The van der Waals surface area contributed by atoms with Crippen LogP contribution < -0.4 is 4.72 Å². The third-order valence-electron chi connectivity index (χ3n) is 3.81. The number of fused-ring (bicyclic) bond motifs is 1. The zero-order chi connectivity index (χ0) is 15.1. The van der Waals surface area contributed by atoms with Crippen molar-refractivity contribution < 1.29 is 13.5 Å². The van der Waals surface area contributed by atoms with Crippen LogP contribution in [-0.2, 0) is 10.0 Å². The summed E-state index contributed by atoms with van der Waals surface area (Å²) in [7, 11) is -3.82. The molecule has 0 aliphatic heterocycles. The van der Waals surface area contributed by atoms with Gasteiger partial charge in [-0.1, -0.05) is 30.9 Å². The quantitative estimate of drug-likeness (QED) is 0.884. The number of imidazole rings is 1. The molecule has 0 bridgehead atoms. The molecule has 2 N–H and O–H groups in total. The van der Waals surface area contributed by atoms with Crippen molar-refractivity contribution in [2.24, 2.45) is 0 Å². The van der Waals surface area contributed by atoms with Crippen LogP contribution in [0.2, 0.25) is 5.15 Å². The fourth-order valence-electron chi connectivity index (χ4n) is 2.66. The molecule has 0 radical (unpaired) electrons. The number of rotatable bonds is 4. The highest BCUT2D eigenvalue weighted by molar-refractivity contribution is 7.89. The minimum Gasteiger partial charge on any atom is -0.389 e. The van der Waals surface area contributed by atoms with E-state index >= 15 is 0 Å². The van der Waals surface area contributed by atoms with E-state index in [1.807, 2.05) is 0 Å². The van der Waals surface area contributed by atoms with Gasteiger partial charge >= 0.3 is 0 Å². The largest absolute Gasteiger partial charge is 0.389 e. The molecule has 2 heterocycles. The lowest BCUT2D eigenvalue weighted by Crippen LogP contribution is -2.44. The lowest BCUT2D eigenvalue weighted by Gasteiger charge is -2.31. The first-order valence-corrected chi connectivity index (χ1v) is 9.48. The molecule has 2 aromatic heterocycles. The molecule has 6 nitrogen and oxygen atoms in total. The predicted molar refractivity (Wildman–Crippen MR) is 81.3 cm³/mol. The summed E-state index contributed by atoms with van der Waals surface area (Å²) in [5, 5.41) is 12.0. The Bertz CT molecular complexity index is 747. The van der Waals surface area contributed by atoms with Gasteiger partial charge in [-0.25, -0.2) is 18.1 Å². The van der Waals surface area contributed by atoms with E-state index in [9.17, 15) is 13.5 Å². The Morgan fingerprint density at radius 3 is 2.86 bits per heavy atom. The second-order valence-corrected chi connectivity index (χ2v) is 8.29. The van der Waals surface area contributed by atoms with E-state index in [1.165, 1.54) is 15.7 Å². The van der Waals surface area contributed by atoms with Gasteiger partial charge in [-0.05, 0) is 12.8 Å². The highest BCUT2D eigenvalue weighted by Gasteiger charge is 2.32. The zero-order valence-electron chi connectivity index (χ0n) is 11.2. The van der Waals surface area contributed by atoms with Crippen LogP contribution >= 0.6 is 22.9 Å². The molecule has 2 aromatic rings. The molecule has 0 saturated heterocycles. The Hall–Kier alpha value is -0.670. The van der Waals surface area contributed by atoms with Crippen molar-refractivity contribution in [1.29, 1.82) is 0 Å². The minimum atomic E-state index is -3.82. The maximum atomic E-state index is 12.4. The van der Waals surface area contributed by atoms with Crippen molar-refractivity contribution in [1.82, 2.24) is 14.1 Å². The summed E-state index contributed by atoms with van der Waals surface area (Å²) >= 11 is 7.25. The van der Waals surface area contributed by atoms with Crippen LogP contribution in [0, 0.1) is 0 Å².